The molecule has 2 aromatic carbocycles. The number of amides is 2. The van der Waals surface area contributed by atoms with Crippen LogP contribution in [-0.4, -0.2) is 74.5 Å². The lowest BCUT2D eigenvalue weighted by molar-refractivity contribution is -0.122. The van der Waals surface area contributed by atoms with Gasteiger partial charge in [-0.1, -0.05) is 35.9 Å². The summed E-state index contributed by atoms with van der Waals surface area (Å²) in [7, 11) is 2.06. The zero-order valence-electron chi connectivity index (χ0n) is 18.1. The quantitative estimate of drug-likeness (QED) is 0.638. The number of carbonyl (C=O) groups excluding carboxylic acids is 2. The second-order valence-electron chi connectivity index (χ2n) is 7.89. The van der Waals surface area contributed by atoms with Crippen molar-refractivity contribution in [2.24, 2.45) is 0 Å². The van der Waals surface area contributed by atoms with Crippen LogP contribution in [0.3, 0.4) is 0 Å². The smallest absolute Gasteiger partial charge is 0.253 e. The Kier molecular flexibility index (Phi) is 8.74. The molecule has 0 spiro atoms. The van der Waals surface area contributed by atoms with Crippen LogP contribution in [0.15, 0.2) is 54.6 Å². The minimum absolute atomic E-state index is 0.00339. The van der Waals surface area contributed by atoms with Gasteiger partial charge in [-0.05, 0) is 43.2 Å². The molecule has 31 heavy (non-hydrogen) atoms. The third-order valence-corrected chi connectivity index (χ3v) is 5.74. The molecule has 0 radical (unpaired) electrons. The zero-order valence-corrected chi connectivity index (χ0v) is 18.9. The van der Waals surface area contributed by atoms with E-state index < -0.39 is 0 Å². The number of para-hydroxylation sites is 1. The summed E-state index contributed by atoms with van der Waals surface area (Å²) < 4.78 is 0. The summed E-state index contributed by atoms with van der Waals surface area (Å²) in [4.78, 5) is 31.2. The van der Waals surface area contributed by atoms with Gasteiger partial charge in [-0.2, -0.15) is 0 Å². The van der Waals surface area contributed by atoms with Gasteiger partial charge in [0.1, 0.15) is 0 Å². The molecule has 3 rings (SSSR count). The molecule has 7 heteroatoms. The SMILES string of the molecule is CN(CCCNC(=O)CN1CCCN(C(=O)c2cccc(Cl)c2)CC1)c1ccccc1. The fourth-order valence-corrected chi connectivity index (χ4v) is 3.94. The summed E-state index contributed by atoms with van der Waals surface area (Å²) in [6.07, 6.45) is 1.74. The van der Waals surface area contributed by atoms with Gasteiger partial charge >= 0.3 is 0 Å². The van der Waals surface area contributed by atoms with Gasteiger partial charge < -0.3 is 15.1 Å². The highest BCUT2D eigenvalue weighted by Crippen LogP contribution is 2.14. The highest BCUT2D eigenvalue weighted by molar-refractivity contribution is 6.30. The van der Waals surface area contributed by atoms with Gasteiger partial charge in [0.25, 0.3) is 5.91 Å². The average molecular weight is 443 g/mol. The lowest BCUT2D eigenvalue weighted by Gasteiger charge is -2.22. The molecule has 2 amide bonds. The average Bonchev–Trinajstić information content (AvgIpc) is 3.02. The molecule has 0 bridgehead atoms. The summed E-state index contributed by atoms with van der Waals surface area (Å²) in [5, 5.41) is 3.58. The Bertz CT molecular complexity index is 862. The fraction of sp³-hybridized carbons (Fsp3) is 0.417. The van der Waals surface area contributed by atoms with E-state index in [1.54, 1.807) is 24.3 Å². The van der Waals surface area contributed by atoms with Crippen LogP contribution >= 0.6 is 11.6 Å². The van der Waals surface area contributed by atoms with Gasteiger partial charge in [-0.15, -0.1) is 0 Å². The second-order valence-corrected chi connectivity index (χ2v) is 8.33. The monoisotopic (exact) mass is 442 g/mol. The third kappa shape index (κ3) is 7.26. The minimum Gasteiger partial charge on any atom is -0.375 e. The van der Waals surface area contributed by atoms with Crippen molar-refractivity contribution in [3.8, 4) is 0 Å². The van der Waals surface area contributed by atoms with Crippen LogP contribution in [0.25, 0.3) is 0 Å². The maximum atomic E-state index is 12.7. The summed E-state index contributed by atoms with van der Waals surface area (Å²) in [5.74, 6) is 0.0355. The molecule has 6 nitrogen and oxygen atoms in total. The largest absolute Gasteiger partial charge is 0.375 e. The number of benzene rings is 2. The molecule has 166 valence electrons. The maximum absolute atomic E-state index is 12.7. The van der Waals surface area contributed by atoms with Gasteiger partial charge in [-0.3, -0.25) is 14.5 Å². The second kappa shape index (κ2) is 11.7. The van der Waals surface area contributed by atoms with E-state index in [-0.39, 0.29) is 11.8 Å². The van der Waals surface area contributed by atoms with Crippen molar-refractivity contribution in [3.05, 3.63) is 65.2 Å². The van der Waals surface area contributed by atoms with Crippen molar-refractivity contribution in [2.45, 2.75) is 12.8 Å². The lowest BCUT2D eigenvalue weighted by atomic mass is 10.2. The summed E-state index contributed by atoms with van der Waals surface area (Å²) in [5.41, 5.74) is 1.79. The molecular weight excluding hydrogens is 412 g/mol. The summed E-state index contributed by atoms with van der Waals surface area (Å²) >= 11 is 6.02. The van der Waals surface area contributed by atoms with E-state index in [4.69, 9.17) is 11.6 Å². The van der Waals surface area contributed by atoms with E-state index in [1.165, 1.54) is 5.69 Å². The van der Waals surface area contributed by atoms with Crippen molar-refractivity contribution < 1.29 is 9.59 Å². The molecule has 1 aliphatic heterocycles. The number of hydrogen-bond acceptors (Lipinski definition) is 4. The van der Waals surface area contributed by atoms with Crippen LogP contribution in [0.4, 0.5) is 5.69 Å². The number of nitrogens with one attached hydrogen (secondary N) is 1. The van der Waals surface area contributed by atoms with E-state index in [1.807, 2.05) is 23.1 Å². The Morgan fingerprint density at radius 3 is 2.61 bits per heavy atom. The van der Waals surface area contributed by atoms with E-state index in [9.17, 15) is 9.59 Å². The molecule has 1 aliphatic rings. The third-order valence-electron chi connectivity index (χ3n) is 5.50. The normalized spacial score (nSPS) is 14.7. The molecule has 0 aromatic heterocycles. The van der Waals surface area contributed by atoms with Crippen molar-refractivity contribution in [3.63, 3.8) is 0 Å². The number of halogens is 1. The minimum atomic E-state index is -0.00339. The van der Waals surface area contributed by atoms with Crippen molar-refractivity contribution in [1.82, 2.24) is 15.1 Å². The molecule has 0 unspecified atom stereocenters. The van der Waals surface area contributed by atoms with Gasteiger partial charge in [0.15, 0.2) is 0 Å². The highest BCUT2D eigenvalue weighted by Gasteiger charge is 2.21. The highest BCUT2D eigenvalue weighted by atomic mass is 35.5. The molecule has 1 saturated heterocycles. The van der Waals surface area contributed by atoms with Gasteiger partial charge in [0, 0.05) is 62.6 Å². The van der Waals surface area contributed by atoms with E-state index >= 15 is 0 Å². The van der Waals surface area contributed by atoms with E-state index in [0.717, 1.165) is 25.9 Å². The first-order chi connectivity index (χ1) is 15.0. The molecular formula is C24H31ClN4O2. The molecule has 1 fully saturated rings. The Morgan fingerprint density at radius 1 is 1.03 bits per heavy atom. The van der Waals surface area contributed by atoms with Crippen LogP contribution in [0.5, 0.6) is 0 Å². The first kappa shape index (κ1) is 23.1. The van der Waals surface area contributed by atoms with Crippen molar-refractivity contribution in [1.29, 1.82) is 0 Å². The predicted molar refractivity (Wildman–Crippen MR) is 126 cm³/mol. The molecule has 2 aromatic rings. The Hall–Kier alpha value is -2.57. The van der Waals surface area contributed by atoms with E-state index in [2.05, 4.69) is 34.3 Å². The number of hydrogen-bond donors (Lipinski definition) is 1. The molecule has 0 aliphatic carbocycles. The summed E-state index contributed by atoms with van der Waals surface area (Å²) in [6, 6.07) is 17.3. The van der Waals surface area contributed by atoms with Gasteiger partial charge in [0.2, 0.25) is 5.91 Å². The van der Waals surface area contributed by atoms with Crippen LogP contribution in [0.2, 0.25) is 5.02 Å². The first-order valence-electron chi connectivity index (χ1n) is 10.8. The Labute approximate surface area is 189 Å². The van der Waals surface area contributed by atoms with Crippen LogP contribution in [0, 0.1) is 0 Å². The Morgan fingerprint density at radius 2 is 1.84 bits per heavy atom. The van der Waals surface area contributed by atoms with Gasteiger partial charge in [0.05, 0.1) is 6.54 Å². The predicted octanol–water partition coefficient (Wildman–Crippen LogP) is 3.13. The number of anilines is 1. The molecule has 0 saturated carbocycles. The number of carbonyl (C=O) groups is 2. The first-order valence-corrected chi connectivity index (χ1v) is 11.2. The standard InChI is InChI=1S/C24H31ClN4O2/c1-27(22-10-3-2-4-11-22)13-6-12-26-23(30)19-28-14-7-15-29(17-16-28)24(31)20-8-5-9-21(25)18-20/h2-5,8-11,18H,6-7,12-17,19H2,1H3,(H,26,30). The fourth-order valence-electron chi connectivity index (χ4n) is 3.75. The van der Waals surface area contributed by atoms with Crippen LogP contribution < -0.4 is 10.2 Å². The molecule has 0 atom stereocenters. The van der Waals surface area contributed by atoms with Gasteiger partial charge in [-0.25, -0.2) is 0 Å². The summed E-state index contributed by atoms with van der Waals surface area (Å²) in [6.45, 7) is 4.71. The molecule has 1 N–H and O–H groups in total. The van der Waals surface area contributed by atoms with Crippen LogP contribution in [-0.2, 0) is 4.79 Å². The molecule has 1 heterocycles. The lowest BCUT2D eigenvalue weighted by Crippen LogP contribution is -2.40. The number of nitrogens with zero attached hydrogens (tertiary/aromatic N) is 3. The number of rotatable bonds is 8. The van der Waals surface area contributed by atoms with E-state index in [0.29, 0.717) is 43.3 Å². The van der Waals surface area contributed by atoms with Crippen LogP contribution in [0.1, 0.15) is 23.2 Å². The Balaban J connectivity index is 1.36. The van der Waals surface area contributed by atoms with Crippen molar-refractivity contribution >= 4 is 29.1 Å². The topological polar surface area (TPSA) is 55.9 Å². The zero-order chi connectivity index (χ0) is 22.1. The van der Waals surface area contributed by atoms with Crippen molar-refractivity contribution in [2.75, 3.05) is 57.8 Å². The maximum Gasteiger partial charge on any atom is 0.253 e.